The minimum atomic E-state index is -4.77. The third-order valence-electron chi connectivity index (χ3n) is 10.1. The molecular weight excluding hydrogens is 757 g/mol. The van der Waals surface area contributed by atoms with Crippen LogP contribution in [0.1, 0.15) is 162 Å². The predicted molar refractivity (Wildman–Crippen MR) is 218 cm³/mol. The number of aliphatic hydroxyl groups is 2. The molecule has 0 bridgehead atoms. The number of ether oxygens (including phenoxy) is 2. The third-order valence-corrected chi connectivity index (χ3v) is 11.0. The molecule has 0 aromatic heterocycles. The number of carbonyl (C=O) groups is 4. The molecule has 0 aromatic rings. The standard InChI is InChI=1S/C42H74NO13P/c1-3-5-7-8-9-10-11-12-13-14-15-16-22-26-41(48)56-34(31-54-57(51,52)55-32-37(43)42(49)50)30-53-40(47)25-21-18-17-20-24-35-36(39(46)29-38(35)45)28-27-33(44)23-19-6-4-2/h10-11,27-28,33-38,44-45H,3-9,12-26,29-32,43H2,1-2H3,(H,49,50)(H,51,52)/b11-10-,28-27+/t33-,34+,35+,36+,37-,38-/m0/s1. The van der Waals surface area contributed by atoms with E-state index in [4.69, 9.17) is 24.8 Å². The van der Waals surface area contributed by atoms with E-state index in [0.717, 1.165) is 70.6 Å². The van der Waals surface area contributed by atoms with Crippen LogP contribution in [0.4, 0.5) is 0 Å². The SMILES string of the molecule is CCCCCC/C=C\CCCCCCCC(=O)O[C@H](COC(=O)CCCCCC[C@H]1[C@@H](O)CC(=O)[C@@H]1/C=C/[C@@H](O)CCCCC)COP(=O)(O)OC[C@H](N)C(=O)O. The highest BCUT2D eigenvalue weighted by Gasteiger charge is 2.39. The van der Waals surface area contributed by atoms with Gasteiger partial charge in [-0.15, -0.1) is 0 Å². The molecule has 0 aliphatic heterocycles. The Bertz CT molecular complexity index is 1230. The zero-order valence-electron chi connectivity index (χ0n) is 34.6. The van der Waals surface area contributed by atoms with Crippen LogP contribution < -0.4 is 5.73 Å². The number of carboxylic acids is 1. The van der Waals surface area contributed by atoms with Gasteiger partial charge in [-0.25, -0.2) is 4.57 Å². The number of phosphoric acid groups is 1. The third kappa shape index (κ3) is 27.0. The number of ketones is 1. The maximum absolute atomic E-state index is 12.6. The fourth-order valence-electron chi connectivity index (χ4n) is 6.61. The van der Waals surface area contributed by atoms with Gasteiger partial charge in [-0.05, 0) is 57.3 Å². The van der Waals surface area contributed by atoms with E-state index < -0.39 is 75.8 Å². The molecule has 0 spiro atoms. The van der Waals surface area contributed by atoms with Gasteiger partial charge in [0.15, 0.2) is 6.10 Å². The molecule has 7 atom stereocenters. The predicted octanol–water partition coefficient (Wildman–Crippen LogP) is 7.65. The highest BCUT2D eigenvalue weighted by atomic mass is 31.2. The number of Topliss-reactive ketones (excluding diaryl/α,β-unsaturated/α-hetero) is 1. The summed E-state index contributed by atoms with van der Waals surface area (Å²) >= 11 is 0. The van der Waals surface area contributed by atoms with Crippen LogP contribution >= 0.6 is 7.82 Å². The molecule has 0 amide bonds. The number of rotatable bonds is 36. The number of phosphoric ester groups is 1. The van der Waals surface area contributed by atoms with Crippen LogP contribution in [0.25, 0.3) is 0 Å². The van der Waals surface area contributed by atoms with Crippen molar-refractivity contribution in [3.05, 3.63) is 24.3 Å². The number of hydrogen-bond donors (Lipinski definition) is 5. The number of aliphatic carboxylic acids is 1. The van der Waals surface area contributed by atoms with E-state index in [0.29, 0.717) is 32.1 Å². The van der Waals surface area contributed by atoms with Crippen LogP contribution in [0.3, 0.4) is 0 Å². The van der Waals surface area contributed by atoms with E-state index in [1.54, 1.807) is 12.2 Å². The number of unbranched alkanes of at least 4 members (excludes halogenated alkanes) is 14. The zero-order valence-corrected chi connectivity index (χ0v) is 35.5. The van der Waals surface area contributed by atoms with Crippen molar-refractivity contribution in [3.8, 4) is 0 Å². The molecule has 1 aliphatic carbocycles. The molecule has 0 radical (unpaired) electrons. The molecule has 6 N–H and O–H groups in total. The Labute approximate surface area is 340 Å². The van der Waals surface area contributed by atoms with E-state index in [1.165, 1.54) is 25.7 Å². The number of aliphatic hydroxyl groups excluding tert-OH is 2. The van der Waals surface area contributed by atoms with E-state index in [1.807, 2.05) is 0 Å². The first-order valence-electron chi connectivity index (χ1n) is 21.5. The molecule has 330 valence electrons. The first-order valence-corrected chi connectivity index (χ1v) is 23.0. The highest BCUT2D eigenvalue weighted by Crippen LogP contribution is 2.43. The summed E-state index contributed by atoms with van der Waals surface area (Å²) in [5, 5.41) is 29.6. The Morgan fingerprint density at radius 3 is 2.02 bits per heavy atom. The lowest BCUT2D eigenvalue weighted by Crippen LogP contribution is -2.34. The molecule has 15 heteroatoms. The van der Waals surface area contributed by atoms with Crippen LogP contribution in [0.2, 0.25) is 0 Å². The summed E-state index contributed by atoms with van der Waals surface area (Å²) in [6.07, 6.45) is 24.4. The summed E-state index contributed by atoms with van der Waals surface area (Å²) in [6.45, 7) is 2.43. The number of nitrogens with two attached hydrogens (primary N) is 1. The summed E-state index contributed by atoms with van der Waals surface area (Å²) in [5.41, 5.74) is 5.32. The summed E-state index contributed by atoms with van der Waals surface area (Å²) < 4.78 is 32.6. The molecule has 1 unspecified atom stereocenters. The van der Waals surface area contributed by atoms with E-state index in [-0.39, 0.29) is 31.0 Å². The van der Waals surface area contributed by atoms with Crippen molar-refractivity contribution in [3.63, 3.8) is 0 Å². The average Bonchev–Trinajstić information content (AvgIpc) is 3.44. The lowest BCUT2D eigenvalue weighted by molar-refractivity contribution is -0.161. The van der Waals surface area contributed by atoms with Crippen molar-refractivity contribution in [1.29, 1.82) is 0 Å². The van der Waals surface area contributed by atoms with Gasteiger partial charge in [-0.2, -0.15) is 0 Å². The normalized spacial score (nSPS) is 19.8. The second-order valence-corrected chi connectivity index (χ2v) is 16.7. The van der Waals surface area contributed by atoms with Gasteiger partial charge in [0.05, 0.1) is 25.4 Å². The minimum absolute atomic E-state index is 0.0176. The second-order valence-electron chi connectivity index (χ2n) is 15.3. The van der Waals surface area contributed by atoms with Crippen LogP contribution in [0.5, 0.6) is 0 Å². The molecule has 0 heterocycles. The Kier molecular flexibility index (Phi) is 29.9. The first-order chi connectivity index (χ1) is 27.3. The summed E-state index contributed by atoms with van der Waals surface area (Å²) in [5.74, 6) is -3.22. The largest absolute Gasteiger partial charge is 0.480 e. The molecule has 1 saturated carbocycles. The van der Waals surface area contributed by atoms with Crippen molar-refractivity contribution in [1.82, 2.24) is 0 Å². The Balaban J connectivity index is 2.49. The molecule has 1 aliphatic rings. The molecule has 1 rings (SSSR count). The maximum atomic E-state index is 12.6. The second kappa shape index (κ2) is 32.4. The Hall–Kier alpha value is -2.45. The van der Waals surface area contributed by atoms with Crippen molar-refractivity contribution in [2.45, 2.75) is 186 Å². The van der Waals surface area contributed by atoms with Crippen LogP contribution in [0, 0.1) is 11.8 Å². The fourth-order valence-corrected chi connectivity index (χ4v) is 7.39. The molecule has 0 saturated heterocycles. The summed E-state index contributed by atoms with van der Waals surface area (Å²) in [7, 11) is -4.77. The number of carboxylic acid groups (broad SMARTS) is 1. The smallest absolute Gasteiger partial charge is 0.472 e. The van der Waals surface area contributed by atoms with Crippen LogP contribution in [-0.4, -0.2) is 88.1 Å². The first kappa shape index (κ1) is 52.6. The molecule has 57 heavy (non-hydrogen) atoms. The maximum Gasteiger partial charge on any atom is 0.472 e. The topological polar surface area (TPSA) is 229 Å². The van der Waals surface area contributed by atoms with E-state index in [9.17, 15) is 38.8 Å². The van der Waals surface area contributed by atoms with Crippen molar-refractivity contribution in [2.75, 3.05) is 19.8 Å². The number of esters is 2. The zero-order chi connectivity index (χ0) is 42.3. The molecule has 14 nitrogen and oxygen atoms in total. The van der Waals surface area contributed by atoms with Gasteiger partial charge in [-0.3, -0.25) is 28.2 Å². The van der Waals surface area contributed by atoms with Crippen molar-refractivity contribution < 1.29 is 62.5 Å². The average molecular weight is 832 g/mol. The Morgan fingerprint density at radius 2 is 1.37 bits per heavy atom. The van der Waals surface area contributed by atoms with E-state index >= 15 is 0 Å². The number of allylic oxidation sites excluding steroid dienone is 3. The highest BCUT2D eigenvalue weighted by molar-refractivity contribution is 7.47. The summed E-state index contributed by atoms with van der Waals surface area (Å²) in [6, 6.07) is -1.56. The summed E-state index contributed by atoms with van der Waals surface area (Å²) in [4.78, 5) is 58.6. The van der Waals surface area contributed by atoms with Gasteiger partial charge in [0.1, 0.15) is 18.4 Å². The van der Waals surface area contributed by atoms with Gasteiger partial charge >= 0.3 is 25.7 Å². The van der Waals surface area contributed by atoms with Gasteiger partial charge < -0.3 is 35.4 Å². The lowest BCUT2D eigenvalue weighted by Gasteiger charge is -2.20. The van der Waals surface area contributed by atoms with Gasteiger partial charge in [0.2, 0.25) is 0 Å². The fraction of sp³-hybridized carbons (Fsp3) is 0.810. The lowest BCUT2D eigenvalue weighted by atomic mass is 9.88. The van der Waals surface area contributed by atoms with Crippen LogP contribution in [0.15, 0.2) is 24.3 Å². The Morgan fingerprint density at radius 1 is 0.807 bits per heavy atom. The monoisotopic (exact) mass is 831 g/mol. The van der Waals surface area contributed by atoms with Crippen molar-refractivity contribution in [2.24, 2.45) is 17.6 Å². The molecular formula is C42H74NO13P. The minimum Gasteiger partial charge on any atom is -0.480 e. The molecule has 1 fully saturated rings. The number of hydrogen-bond acceptors (Lipinski definition) is 12. The van der Waals surface area contributed by atoms with Gasteiger partial charge in [0.25, 0.3) is 0 Å². The van der Waals surface area contributed by atoms with Crippen LogP contribution in [-0.2, 0) is 42.3 Å². The van der Waals surface area contributed by atoms with E-state index in [2.05, 4.69) is 30.5 Å². The molecule has 0 aromatic carbocycles. The van der Waals surface area contributed by atoms with Gasteiger partial charge in [-0.1, -0.05) is 115 Å². The van der Waals surface area contributed by atoms with Crippen molar-refractivity contribution >= 4 is 31.5 Å². The quantitative estimate of drug-likeness (QED) is 0.0177. The van der Waals surface area contributed by atoms with Gasteiger partial charge in [0, 0.05) is 25.2 Å². The number of carbonyl (C=O) groups excluding carboxylic acids is 3.